The second-order valence-electron chi connectivity index (χ2n) is 4.85. The molecule has 0 bridgehead atoms. The molecule has 0 radical (unpaired) electrons. The predicted molar refractivity (Wildman–Crippen MR) is 81.3 cm³/mol. The molecule has 23 heavy (non-hydrogen) atoms. The topological polar surface area (TPSA) is 55.4 Å². The van der Waals surface area contributed by atoms with E-state index >= 15 is 0 Å². The highest BCUT2D eigenvalue weighted by molar-refractivity contribution is 6.02. The Hall–Kier alpha value is -2.76. The first kappa shape index (κ1) is 16.6. The number of carbonyl (C=O) groups excluding carboxylic acids is 2. The second kappa shape index (κ2) is 7.49. The summed E-state index contributed by atoms with van der Waals surface area (Å²) in [5.74, 6) is -2.25. The summed E-state index contributed by atoms with van der Waals surface area (Å²) in [6.45, 7) is -0.0879. The summed E-state index contributed by atoms with van der Waals surface area (Å²) in [7, 11) is 1.26. The molecule has 6 heteroatoms. The number of benzene rings is 2. The van der Waals surface area contributed by atoms with E-state index in [1.54, 1.807) is 24.3 Å². The van der Waals surface area contributed by atoms with Gasteiger partial charge in [0.15, 0.2) is 5.78 Å². The van der Waals surface area contributed by atoms with Gasteiger partial charge in [-0.15, -0.1) is 0 Å². The van der Waals surface area contributed by atoms with E-state index in [-0.39, 0.29) is 24.3 Å². The van der Waals surface area contributed by atoms with Crippen molar-refractivity contribution < 1.29 is 23.1 Å². The van der Waals surface area contributed by atoms with Crippen LogP contribution < -0.4 is 5.32 Å². The molecule has 120 valence electrons. The van der Waals surface area contributed by atoms with Crippen LogP contribution in [0, 0.1) is 11.6 Å². The number of Topliss-reactive ketones (excluding diaryl/α,β-unsaturated/α-hetero) is 1. The van der Waals surface area contributed by atoms with Crippen molar-refractivity contribution in [2.75, 3.05) is 19.0 Å². The molecule has 0 aliphatic rings. The van der Waals surface area contributed by atoms with Crippen molar-refractivity contribution in [1.29, 1.82) is 0 Å². The quantitative estimate of drug-likeness (QED) is 0.657. The van der Waals surface area contributed by atoms with Crippen molar-refractivity contribution in [1.82, 2.24) is 0 Å². The van der Waals surface area contributed by atoms with Crippen molar-refractivity contribution in [3.05, 3.63) is 65.2 Å². The molecule has 0 amide bonds. The van der Waals surface area contributed by atoms with E-state index in [4.69, 9.17) is 0 Å². The van der Waals surface area contributed by atoms with Crippen LogP contribution in [0.15, 0.2) is 42.5 Å². The van der Waals surface area contributed by atoms with Gasteiger partial charge >= 0.3 is 5.97 Å². The lowest BCUT2D eigenvalue weighted by Gasteiger charge is -2.10. The zero-order chi connectivity index (χ0) is 16.8. The van der Waals surface area contributed by atoms with Gasteiger partial charge in [-0.3, -0.25) is 9.59 Å². The molecule has 0 aliphatic heterocycles. The van der Waals surface area contributed by atoms with Gasteiger partial charge in [0, 0.05) is 23.7 Å². The van der Waals surface area contributed by atoms with E-state index < -0.39 is 17.6 Å². The zero-order valence-corrected chi connectivity index (χ0v) is 12.4. The number of carbonyl (C=O) groups is 2. The lowest BCUT2D eigenvalue weighted by atomic mass is 10.0. The highest BCUT2D eigenvalue weighted by Gasteiger charge is 2.13. The van der Waals surface area contributed by atoms with Crippen LogP contribution in [0.25, 0.3) is 0 Å². The first-order chi connectivity index (χ1) is 11.0. The van der Waals surface area contributed by atoms with E-state index in [0.717, 1.165) is 18.2 Å². The number of esters is 1. The van der Waals surface area contributed by atoms with Crippen molar-refractivity contribution in [2.45, 2.75) is 6.42 Å². The Kier molecular flexibility index (Phi) is 5.41. The fraction of sp³-hybridized carbons (Fsp3) is 0.176. The Bertz CT molecular complexity index is 711. The first-order valence-corrected chi connectivity index (χ1v) is 6.87. The molecule has 0 aromatic heterocycles. The number of ketones is 1. The van der Waals surface area contributed by atoms with Crippen molar-refractivity contribution >= 4 is 17.4 Å². The number of halogens is 2. The van der Waals surface area contributed by atoms with Gasteiger partial charge in [-0.25, -0.2) is 8.78 Å². The van der Waals surface area contributed by atoms with E-state index in [1.165, 1.54) is 7.11 Å². The fourth-order valence-electron chi connectivity index (χ4n) is 2.11. The van der Waals surface area contributed by atoms with E-state index in [2.05, 4.69) is 10.1 Å². The number of para-hydroxylation sites is 1. The molecule has 1 N–H and O–H groups in total. The minimum atomic E-state index is -0.732. The van der Waals surface area contributed by atoms with E-state index in [0.29, 0.717) is 11.3 Å². The summed E-state index contributed by atoms with van der Waals surface area (Å²) >= 11 is 0. The molecule has 0 heterocycles. The molecule has 0 unspecified atom stereocenters. The lowest BCUT2D eigenvalue weighted by molar-refractivity contribution is -0.138. The summed E-state index contributed by atoms with van der Waals surface area (Å²) in [4.78, 5) is 23.5. The normalized spacial score (nSPS) is 10.2. The standard InChI is InChI=1S/C17H15F2NO3/c1-23-17(22)10-20-15-5-3-2-4-14(15)16(21)8-11-6-12(18)9-13(19)7-11/h2-7,9,20H,8,10H2,1H3. The molecule has 0 aliphatic carbocycles. The first-order valence-electron chi connectivity index (χ1n) is 6.87. The Labute approximate surface area is 132 Å². The minimum Gasteiger partial charge on any atom is -0.468 e. The average molecular weight is 319 g/mol. The molecule has 0 spiro atoms. The summed E-state index contributed by atoms with van der Waals surface area (Å²) in [5.41, 5.74) is 1.04. The van der Waals surface area contributed by atoms with Gasteiger partial charge in [-0.05, 0) is 29.8 Å². The molecule has 2 aromatic carbocycles. The SMILES string of the molecule is COC(=O)CNc1ccccc1C(=O)Cc1cc(F)cc(F)c1. The number of hydrogen-bond acceptors (Lipinski definition) is 4. The summed E-state index contributed by atoms with van der Waals surface area (Å²) in [6.07, 6.45) is -0.147. The van der Waals surface area contributed by atoms with Crippen LogP contribution in [-0.2, 0) is 16.0 Å². The highest BCUT2D eigenvalue weighted by atomic mass is 19.1. The maximum Gasteiger partial charge on any atom is 0.325 e. The van der Waals surface area contributed by atoms with Crippen molar-refractivity contribution in [3.8, 4) is 0 Å². The van der Waals surface area contributed by atoms with Crippen molar-refractivity contribution in [3.63, 3.8) is 0 Å². The van der Waals surface area contributed by atoms with E-state index in [9.17, 15) is 18.4 Å². The largest absolute Gasteiger partial charge is 0.468 e. The minimum absolute atomic E-state index is 0.0879. The monoisotopic (exact) mass is 319 g/mol. The molecular weight excluding hydrogens is 304 g/mol. The highest BCUT2D eigenvalue weighted by Crippen LogP contribution is 2.18. The van der Waals surface area contributed by atoms with Gasteiger partial charge in [0.25, 0.3) is 0 Å². The molecular formula is C17H15F2NO3. The van der Waals surface area contributed by atoms with Gasteiger partial charge in [-0.1, -0.05) is 12.1 Å². The maximum absolute atomic E-state index is 13.2. The Morgan fingerprint density at radius 1 is 1.09 bits per heavy atom. The smallest absolute Gasteiger partial charge is 0.325 e. The number of anilines is 1. The molecule has 0 atom stereocenters. The van der Waals surface area contributed by atoms with Crippen LogP contribution in [0.4, 0.5) is 14.5 Å². The van der Waals surface area contributed by atoms with Gasteiger partial charge in [0.1, 0.15) is 18.2 Å². The Morgan fingerprint density at radius 3 is 2.39 bits per heavy atom. The predicted octanol–water partition coefficient (Wildman–Crippen LogP) is 2.98. The third kappa shape index (κ3) is 4.60. The van der Waals surface area contributed by atoms with E-state index in [1.807, 2.05) is 0 Å². The van der Waals surface area contributed by atoms with Crippen LogP contribution in [0.1, 0.15) is 15.9 Å². The fourth-order valence-corrected chi connectivity index (χ4v) is 2.11. The number of hydrogen-bond donors (Lipinski definition) is 1. The molecule has 4 nitrogen and oxygen atoms in total. The van der Waals surface area contributed by atoms with Crippen LogP contribution in [0.5, 0.6) is 0 Å². The van der Waals surface area contributed by atoms with Crippen molar-refractivity contribution in [2.24, 2.45) is 0 Å². The third-order valence-corrected chi connectivity index (χ3v) is 3.17. The summed E-state index contributed by atoms with van der Waals surface area (Å²) < 4.78 is 30.9. The number of nitrogens with one attached hydrogen (secondary N) is 1. The molecule has 0 saturated heterocycles. The Morgan fingerprint density at radius 2 is 1.74 bits per heavy atom. The molecule has 0 saturated carbocycles. The maximum atomic E-state index is 13.2. The van der Waals surface area contributed by atoms with Crippen LogP contribution in [0.2, 0.25) is 0 Å². The van der Waals surface area contributed by atoms with Gasteiger partial charge in [0.05, 0.1) is 7.11 Å². The van der Waals surface area contributed by atoms with Gasteiger partial charge in [-0.2, -0.15) is 0 Å². The second-order valence-corrected chi connectivity index (χ2v) is 4.85. The molecule has 2 rings (SSSR count). The lowest BCUT2D eigenvalue weighted by Crippen LogP contribution is -2.17. The van der Waals surface area contributed by atoms with Gasteiger partial charge in [0.2, 0.25) is 0 Å². The number of rotatable bonds is 6. The summed E-state index contributed by atoms with van der Waals surface area (Å²) in [5, 5.41) is 2.81. The third-order valence-electron chi connectivity index (χ3n) is 3.17. The molecule has 2 aromatic rings. The van der Waals surface area contributed by atoms with Crippen LogP contribution in [-0.4, -0.2) is 25.4 Å². The van der Waals surface area contributed by atoms with Crippen LogP contribution in [0.3, 0.4) is 0 Å². The van der Waals surface area contributed by atoms with Gasteiger partial charge < -0.3 is 10.1 Å². The summed E-state index contributed by atoms with van der Waals surface area (Å²) in [6, 6.07) is 9.58. The number of ether oxygens (including phenoxy) is 1. The zero-order valence-electron chi connectivity index (χ0n) is 12.4. The van der Waals surface area contributed by atoms with Crippen LogP contribution >= 0.6 is 0 Å². The molecule has 0 fully saturated rings. The number of methoxy groups -OCH3 is 1. The average Bonchev–Trinajstić information content (AvgIpc) is 2.51. The Balaban J connectivity index is 2.17.